The summed E-state index contributed by atoms with van der Waals surface area (Å²) in [6.45, 7) is 5.04. The summed E-state index contributed by atoms with van der Waals surface area (Å²) in [4.78, 5) is 29.0. The smallest absolute Gasteiger partial charge is 0.264 e. The van der Waals surface area contributed by atoms with E-state index in [1.807, 2.05) is 30.0 Å². The highest BCUT2D eigenvalue weighted by atomic mass is 32.1. The molecule has 1 amide bonds. The molecule has 1 N–H and O–H groups in total. The molecule has 31 heavy (non-hydrogen) atoms. The van der Waals surface area contributed by atoms with Gasteiger partial charge in [-0.3, -0.25) is 9.59 Å². The van der Waals surface area contributed by atoms with Gasteiger partial charge in [-0.1, -0.05) is 30.3 Å². The highest BCUT2D eigenvalue weighted by molar-refractivity contribution is 7.11. The number of hydrogen-bond acceptors (Lipinski definition) is 5. The van der Waals surface area contributed by atoms with Crippen LogP contribution < -0.4 is 5.56 Å². The topological polar surface area (TPSA) is 83.9 Å². The number of benzene rings is 1. The maximum Gasteiger partial charge on any atom is 0.264 e. The standard InChI is InChI=1S/C23H23N5O2S/c1-16-8-9-19(31-16)15-27(13-12-18-6-4-3-5-7-18)23(30)20-14-24-28(17(20)2)21-10-11-22(29)26-25-21/h3-11,14H,12-13,15H2,1-2H3,(H,26,29). The number of carbonyl (C=O) groups excluding carboxylic acids is 1. The number of H-pyrrole nitrogens is 1. The summed E-state index contributed by atoms with van der Waals surface area (Å²) in [6, 6.07) is 17.3. The zero-order valence-corrected chi connectivity index (χ0v) is 18.2. The van der Waals surface area contributed by atoms with E-state index in [0.717, 1.165) is 11.3 Å². The van der Waals surface area contributed by atoms with E-state index in [2.05, 4.69) is 46.5 Å². The van der Waals surface area contributed by atoms with Gasteiger partial charge in [-0.05, 0) is 44.0 Å². The molecule has 0 bridgehead atoms. The summed E-state index contributed by atoms with van der Waals surface area (Å²) in [6.07, 6.45) is 2.34. The fourth-order valence-corrected chi connectivity index (χ4v) is 4.30. The van der Waals surface area contributed by atoms with Crippen molar-refractivity contribution in [2.45, 2.75) is 26.8 Å². The van der Waals surface area contributed by atoms with Crippen molar-refractivity contribution in [3.05, 3.63) is 97.7 Å². The second-order valence-corrected chi connectivity index (χ2v) is 8.68. The first-order valence-corrected chi connectivity index (χ1v) is 10.8. The van der Waals surface area contributed by atoms with Crippen molar-refractivity contribution >= 4 is 17.2 Å². The molecule has 0 spiro atoms. The number of rotatable bonds is 7. The number of aromatic amines is 1. The van der Waals surface area contributed by atoms with Gasteiger partial charge in [-0.15, -0.1) is 11.3 Å². The van der Waals surface area contributed by atoms with Crippen LogP contribution in [0.2, 0.25) is 0 Å². The summed E-state index contributed by atoms with van der Waals surface area (Å²) < 4.78 is 1.56. The summed E-state index contributed by atoms with van der Waals surface area (Å²) >= 11 is 1.70. The van der Waals surface area contributed by atoms with Crippen molar-refractivity contribution in [2.75, 3.05) is 6.54 Å². The molecule has 0 saturated heterocycles. The predicted octanol–water partition coefficient (Wildman–Crippen LogP) is 3.52. The quantitative estimate of drug-likeness (QED) is 0.483. The molecule has 0 aliphatic carbocycles. The van der Waals surface area contributed by atoms with Crippen LogP contribution in [0.5, 0.6) is 0 Å². The Morgan fingerprint density at radius 3 is 2.58 bits per heavy atom. The molecule has 8 heteroatoms. The van der Waals surface area contributed by atoms with Gasteiger partial charge in [-0.25, -0.2) is 9.78 Å². The minimum absolute atomic E-state index is 0.0739. The van der Waals surface area contributed by atoms with Crippen molar-refractivity contribution in [1.82, 2.24) is 24.9 Å². The van der Waals surface area contributed by atoms with Crippen molar-refractivity contribution in [3.8, 4) is 5.82 Å². The molecule has 3 aromatic heterocycles. The Morgan fingerprint density at radius 1 is 1.10 bits per heavy atom. The third kappa shape index (κ3) is 4.80. The SMILES string of the molecule is Cc1ccc(CN(CCc2ccccc2)C(=O)c2cnn(-c3ccc(=O)[nH]n3)c2C)s1. The first-order chi connectivity index (χ1) is 15.0. The lowest BCUT2D eigenvalue weighted by Gasteiger charge is -2.22. The Balaban J connectivity index is 1.60. The Hall–Kier alpha value is -3.52. The fraction of sp³-hybridized carbons (Fsp3) is 0.217. The van der Waals surface area contributed by atoms with Crippen LogP contribution in [0.3, 0.4) is 0 Å². The van der Waals surface area contributed by atoms with Crippen LogP contribution >= 0.6 is 11.3 Å². The summed E-state index contributed by atoms with van der Waals surface area (Å²) in [7, 11) is 0. The molecule has 4 aromatic rings. The molecule has 0 saturated carbocycles. The van der Waals surface area contributed by atoms with Gasteiger partial charge in [-0.2, -0.15) is 10.2 Å². The molecular weight excluding hydrogens is 410 g/mol. The average molecular weight is 434 g/mol. The number of amides is 1. The molecule has 7 nitrogen and oxygen atoms in total. The molecule has 1 aromatic carbocycles. The highest BCUT2D eigenvalue weighted by Crippen LogP contribution is 2.20. The number of aryl methyl sites for hydroxylation is 1. The van der Waals surface area contributed by atoms with Gasteiger partial charge in [0.25, 0.3) is 11.5 Å². The maximum absolute atomic E-state index is 13.5. The van der Waals surface area contributed by atoms with E-state index in [4.69, 9.17) is 0 Å². The van der Waals surface area contributed by atoms with Crippen LogP contribution in [0.25, 0.3) is 5.82 Å². The number of thiophene rings is 1. The van der Waals surface area contributed by atoms with Crippen LogP contribution in [-0.2, 0) is 13.0 Å². The summed E-state index contributed by atoms with van der Waals surface area (Å²) in [5, 5.41) is 10.7. The molecule has 0 radical (unpaired) electrons. The molecule has 4 rings (SSSR count). The van der Waals surface area contributed by atoms with Crippen LogP contribution in [-0.4, -0.2) is 37.3 Å². The third-order valence-electron chi connectivity index (χ3n) is 5.06. The molecule has 0 fully saturated rings. The number of carbonyl (C=O) groups is 1. The van der Waals surface area contributed by atoms with Gasteiger partial charge in [0.2, 0.25) is 0 Å². The fourth-order valence-electron chi connectivity index (χ4n) is 3.40. The average Bonchev–Trinajstić information content (AvgIpc) is 3.37. The Labute approximate surface area is 184 Å². The minimum atomic E-state index is -0.289. The van der Waals surface area contributed by atoms with Crippen molar-refractivity contribution in [2.24, 2.45) is 0 Å². The van der Waals surface area contributed by atoms with E-state index in [1.165, 1.54) is 16.5 Å². The lowest BCUT2D eigenvalue weighted by molar-refractivity contribution is 0.0746. The number of aromatic nitrogens is 4. The maximum atomic E-state index is 13.5. The lowest BCUT2D eigenvalue weighted by atomic mass is 10.1. The number of nitrogens with one attached hydrogen (secondary N) is 1. The number of hydrogen-bond donors (Lipinski definition) is 1. The van der Waals surface area contributed by atoms with Gasteiger partial charge in [0.05, 0.1) is 24.0 Å². The molecule has 3 heterocycles. The Morgan fingerprint density at radius 2 is 1.90 bits per heavy atom. The van der Waals surface area contributed by atoms with E-state index in [9.17, 15) is 9.59 Å². The van der Waals surface area contributed by atoms with Crippen molar-refractivity contribution in [1.29, 1.82) is 0 Å². The largest absolute Gasteiger partial charge is 0.333 e. The Bertz CT molecular complexity index is 1220. The van der Waals surface area contributed by atoms with Gasteiger partial charge in [0, 0.05) is 22.4 Å². The monoisotopic (exact) mass is 433 g/mol. The minimum Gasteiger partial charge on any atom is -0.333 e. The normalized spacial score (nSPS) is 10.9. The third-order valence-corrected chi connectivity index (χ3v) is 6.05. The van der Waals surface area contributed by atoms with E-state index in [-0.39, 0.29) is 11.5 Å². The second kappa shape index (κ2) is 9.09. The molecule has 158 valence electrons. The highest BCUT2D eigenvalue weighted by Gasteiger charge is 2.22. The van der Waals surface area contributed by atoms with E-state index >= 15 is 0 Å². The second-order valence-electron chi connectivity index (χ2n) is 7.31. The first kappa shape index (κ1) is 20.7. The van der Waals surface area contributed by atoms with Gasteiger partial charge < -0.3 is 4.90 Å². The van der Waals surface area contributed by atoms with E-state index in [0.29, 0.717) is 30.2 Å². The zero-order valence-electron chi connectivity index (χ0n) is 17.4. The summed E-state index contributed by atoms with van der Waals surface area (Å²) in [5.74, 6) is 0.385. The van der Waals surface area contributed by atoms with Crippen LogP contribution in [0.1, 0.15) is 31.4 Å². The lowest BCUT2D eigenvalue weighted by Crippen LogP contribution is -2.32. The van der Waals surface area contributed by atoms with E-state index < -0.39 is 0 Å². The van der Waals surface area contributed by atoms with Crippen LogP contribution in [0.15, 0.2) is 65.6 Å². The molecule has 0 atom stereocenters. The van der Waals surface area contributed by atoms with Crippen LogP contribution in [0, 0.1) is 13.8 Å². The predicted molar refractivity (Wildman–Crippen MR) is 121 cm³/mol. The number of nitrogens with zero attached hydrogens (tertiary/aromatic N) is 4. The van der Waals surface area contributed by atoms with Crippen molar-refractivity contribution < 1.29 is 4.79 Å². The molecule has 0 aliphatic rings. The van der Waals surface area contributed by atoms with Gasteiger partial charge >= 0.3 is 0 Å². The van der Waals surface area contributed by atoms with Gasteiger partial charge in [0.15, 0.2) is 5.82 Å². The molecular formula is C23H23N5O2S. The molecule has 0 unspecified atom stereocenters. The molecule has 0 aliphatic heterocycles. The van der Waals surface area contributed by atoms with Gasteiger partial charge in [0.1, 0.15) is 0 Å². The van der Waals surface area contributed by atoms with Crippen molar-refractivity contribution in [3.63, 3.8) is 0 Å². The van der Waals surface area contributed by atoms with E-state index in [1.54, 1.807) is 28.3 Å². The summed E-state index contributed by atoms with van der Waals surface area (Å²) in [5.41, 5.74) is 2.10. The zero-order chi connectivity index (χ0) is 21.8. The Kier molecular flexibility index (Phi) is 6.08. The first-order valence-electron chi connectivity index (χ1n) is 10.0. The van der Waals surface area contributed by atoms with Crippen LogP contribution in [0.4, 0.5) is 0 Å².